The Morgan fingerprint density at radius 2 is 2.11 bits per heavy atom. The van der Waals surface area contributed by atoms with Gasteiger partial charge in [-0.15, -0.1) is 0 Å². The quantitative estimate of drug-likeness (QED) is 0.436. The molecular weight excluding hydrogens is 240 g/mol. The third-order valence-electron chi connectivity index (χ3n) is 3.76. The van der Waals surface area contributed by atoms with Crippen LogP contribution in [0, 0.1) is 0 Å². The van der Waals surface area contributed by atoms with Gasteiger partial charge in [0.2, 0.25) is 0 Å². The number of carboxylic acid groups (broad SMARTS) is 1. The second-order valence-corrected chi connectivity index (χ2v) is 5.10. The van der Waals surface area contributed by atoms with E-state index in [-0.39, 0.29) is 24.9 Å². The molecule has 3 rings (SSSR count). The van der Waals surface area contributed by atoms with E-state index in [0.717, 1.165) is 12.8 Å². The summed E-state index contributed by atoms with van der Waals surface area (Å²) in [5, 5.41) is 8.47. The second-order valence-electron chi connectivity index (χ2n) is 5.10. The molecule has 0 radical (unpaired) electrons. The molecule has 2 aliphatic heterocycles. The molecule has 3 unspecified atom stereocenters. The zero-order valence-electron chi connectivity index (χ0n) is 10.0. The van der Waals surface area contributed by atoms with Gasteiger partial charge in [-0.1, -0.05) is 0 Å². The van der Waals surface area contributed by atoms with Gasteiger partial charge in [0.25, 0.3) is 11.6 Å². The van der Waals surface area contributed by atoms with Gasteiger partial charge in [0.15, 0.2) is 0 Å². The minimum absolute atomic E-state index is 0.0873. The first-order chi connectivity index (χ1) is 8.58. The van der Waals surface area contributed by atoms with E-state index in [9.17, 15) is 9.59 Å². The summed E-state index contributed by atoms with van der Waals surface area (Å²) in [4.78, 5) is 22.0. The van der Waals surface area contributed by atoms with Gasteiger partial charge in [0.05, 0.1) is 0 Å². The summed E-state index contributed by atoms with van der Waals surface area (Å²) in [5.41, 5.74) is 0. The standard InChI is InChI=1S/C12H16O6/c13-9(14)5-1-2-6-10(15)17-11-7-3-4-8-12(11,16-8)18-11/h8H,1-7H2,(H,13,14). The molecule has 0 amide bonds. The van der Waals surface area contributed by atoms with Crippen LogP contribution in [0.5, 0.6) is 0 Å². The maximum absolute atomic E-state index is 11.6. The summed E-state index contributed by atoms with van der Waals surface area (Å²) in [6.07, 6.45) is 4.05. The highest BCUT2D eigenvalue weighted by molar-refractivity contribution is 5.70. The summed E-state index contributed by atoms with van der Waals surface area (Å²) in [7, 11) is 0. The van der Waals surface area contributed by atoms with Gasteiger partial charge in [0.1, 0.15) is 6.10 Å². The molecular formula is C12H16O6. The summed E-state index contributed by atoms with van der Waals surface area (Å²) in [6, 6.07) is 0. The highest BCUT2D eigenvalue weighted by atomic mass is 17.0. The van der Waals surface area contributed by atoms with Crippen LogP contribution in [0.15, 0.2) is 0 Å². The van der Waals surface area contributed by atoms with Gasteiger partial charge < -0.3 is 14.6 Å². The highest BCUT2D eigenvalue weighted by Crippen LogP contribution is 2.69. The molecule has 0 aromatic carbocycles. The zero-order chi connectivity index (χ0) is 12.8. The van der Waals surface area contributed by atoms with Gasteiger partial charge in [-0.3, -0.25) is 14.3 Å². The third kappa shape index (κ3) is 1.80. The van der Waals surface area contributed by atoms with Crippen molar-refractivity contribution < 1.29 is 28.9 Å². The summed E-state index contributed by atoms with van der Waals surface area (Å²) in [6.45, 7) is 0. The van der Waals surface area contributed by atoms with Crippen LogP contribution < -0.4 is 0 Å². The van der Waals surface area contributed by atoms with E-state index in [2.05, 4.69) is 0 Å². The number of hydrogen-bond acceptors (Lipinski definition) is 5. The summed E-state index contributed by atoms with van der Waals surface area (Å²) >= 11 is 0. The lowest BCUT2D eigenvalue weighted by atomic mass is 9.98. The number of epoxide rings is 2. The SMILES string of the molecule is O=C(O)CCCCC(=O)OC12CCCC3OC31O2. The van der Waals surface area contributed by atoms with Crippen molar-refractivity contribution in [3.63, 3.8) is 0 Å². The maximum atomic E-state index is 11.6. The Labute approximate surface area is 104 Å². The predicted octanol–water partition coefficient (Wildman–Crippen LogP) is 1.18. The minimum Gasteiger partial charge on any atom is -0.481 e. The van der Waals surface area contributed by atoms with Crippen LogP contribution in [0.25, 0.3) is 0 Å². The van der Waals surface area contributed by atoms with Crippen molar-refractivity contribution in [3.8, 4) is 0 Å². The topological polar surface area (TPSA) is 88.7 Å². The van der Waals surface area contributed by atoms with Crippen molar-refractivity contribution >= 4 is 11.9 Å². The largest absolute Gasteiger partial charge is 0.481 e. The number of aliphatic carboxylic acids is 1. The monoisotopic (exact) mass is 256 g/mol. The van der Waals surface area contributed by atoms with E-state index < -0.39 is 17.5 Å². The number of rotatable bonds is 6. The molecule has 1 N–H and O–H groups in total. The Morgan fingerprint density at radius 1 is 1.33 bits per heavy atom. The van der Waals surface area contributed by atoms with Crippen molar-refractivity contribution in [1.82, 2.24) is 0 Å². The van der Waals surface area contributed by atoms with E-state index in [4.69, 9.17) is 19.3 Å². The van der Waals surface area contributed by atoms with Crippen LogP contribution >= 0.6 is 0 Å². The molecule has 3 fully saturated rings. The van der Waals surface area contributed by atoms with Gasteiger partial charge in [-0.2, -0.15) is 0 Å². The van der Waals surface area contributed by atoms with Gasteiger partial charge in [-0.25, -0.2) is 0 Å². The Balaban J connectivity index is 1.41. The molecule has 3 atom stereocenters. The lowest BCUT2D eigenvalue weighted by Gasteiger charge is -2.14. The molecule has 1 spiro atoms. The Morgan fingerprint density at radius 3 is 2.89 bits per heavy atom. The molecule has 3 aliphatic rings. The van der Waals surface area contributed by atoms with Crippen molar-refractivity contribution in [2.45, 2.75) is 62.6 Å². The highest BCUT2D eigenvalue weighted by Gasteiger charge is 2.90. The number of hydrogen-bond donors (Lipinski definition) is 1. The van der Waals surface area contributed by atoms with Crippen molar-refractivity contribution in [2.24, 2.45) is 0 Å². The maximum Gasteiger partial charge on any atom is 0.308 e. The van der Waals surface area contributed by atoms with Crippen LogP contribution in [0.3, 0.4) is 0 Å². The van der Waals surface area contributed by atoms with Gasteiger partial charge >= 0.3 is 11.9 Å². The van der Waals surface area contributed by atoms with E-state index in [1.54, 1.807) is 0 Å². The number of carbonyl (C=O) groups excluding carboxylic acids is 1. The second kappa shape index (κ2) is 3.93. The molecule has 2 heterocycles. The smallest absolute Gasteiger partial charge is 0.308 e. The molecule has 6 nitrogen and oxygen atoms in total. The van der Waals surface area contributed by atoms with Gasteiger partial charge in [-0.05, 0) is 25.7 Å². The fourth-order valence-electron chi connectivity index (χ4n) is 2.74. The molecule has 18 heavy (non-hydrogen) atoms. The molecule has 0 bridgehead atoms. The summed E-state index contributed by atoms with van der Waals surface area (Å²) < 4.78 is 16.3. The molecule has 0 aromatic heterocycles. The van der Waals surface area contributed by atoms with Crippen LogP contribution in [0.2, 0.25) is 0 Å². The number of carbonyl (C=O) groups is 2. The third-order valence-corrected chi connectivity index (χ3v) is 3.76. The van der Waals surface area contributed by atoms with Crippen LogP contribution in [0.4, 0.5) is 0 Å². The molecule has 2 saturated heterocycles. The fourth-order valence-corrected chi connectivity index (χ4v) is 2.74. The molecule has 1 saturated carbocycles. The molecule has 0 aromatic rings. The zero-order valence-corrected chi connectivity index (χ0v) is 10.0. The number of ether oxygens (including phenoxy) is 3. The summed E-state index contributed by atoms with van der Waals surface area (Å²) in [5.74, 6) is -2.59. The Hall–Kier alpha value is -1.14. The van der Waals surface area contributed by atoms with E-state index >= 15 is 0 Å². The van der Waals surface area contributed by atoms with Crippen molar-refractivity contribution in [1.29, 1.82) is 0 Å². The number of carboxylic acids is 1. The van der Waals surface area contributed by atoms with E-state index in [1.165, 1.54) is 0 Å². The van der Waals surface area contributed by atoms with Crippen LogP contribution in [-0.4, -0.2) is 34.7 Å². The first-order valence-corrected chi connectivity index (χ1v) is 6.40. The average Bonchev–Trinajstić information content (AvgIpc) is 3.12. The Kier molecular flexibility index (Phi) is 2.60. The lowest BCUT2D eigenvalue weighted by molar-refractivity contribution is -0.160. The van der Waals surface area contributed by atoms with Crippen LogP contribution in [0.1, 0.15) is 44.9 Å². The first-order valence-electron chi connectivity index (χ1n) is 6.40. The van der Waals surface area contributed by atoms with Gasteiger partial charge in [0, 0.05) is 19.3 Å². The van der Waals surface area contributed by atoms with E-state index in [0.29, 0.717) is 19.3 Å². The molecule has 100 valence electrons. The predicted molar refractivity (Wildman–Crippen MR) is 57.5 cm³/mol. The lowest BCUT2D eigenvalue weighted by Crippen LogP contribution is -2.29. The van der Waals surface area contributed by atoms with Crippen molar-refractivity contribution in [2.75, 3.05) is 0 Å². The first kappa shape index (κ1) is 11.9. The van der Waals surface area contributed by atoms with E-state index in [1.807, 2.05) is 0 Å². The van der Waals surface area contributed by atoms with Crippen molar-refractivity contribution in [3.05, 3.63) is 0 Å². The van der Waals surface area contributed by atoms with Crippen LogP contribution in [-0.2, 0) is 23.8 Å². The Bertz CT molecular complexity index is 390. The normalized spacial score (nSPS) is 39.4. The fraction of sp³-hybridized carbons (Fsp3) is 0.833. The molecule has 6 heteroatoms. The average molecular weight is 256 g/mol. The number of unbranched alkanes of at least 4 members (excludes halogenated alkanes) is 1. The minimum atomic E-state index is -0.840. The molecule has 1 aliphatic carbocycles. The number of esters is 1.